The largest absolute Gasteiger partial charge is 0.500 e. The smallest absolute Gasteiger partial charge is 0.377 e. The zero-order valence-electron chi connectivity index (χ0n) is 13.3. The van der Waals surface area contributed by atoms with Gasteiger partial charge in [-0.05, 0) is 18.2 Å². The van der Waals surface area contributed by atoms with E-state index in [2.05, 4.69) is 35.8 Å². The van der Waals surface area contributed by atoms with Crippen molar-refractivity contribution in [3.8, 4) is 17.2 Å². The number of methoxy groups -OCH3 is 2. The second-order valence-corrected chi connectivity index (χ2v) is 10.6. The average molecular weight is 339 g/mol. The van der Waals surface area contributed by atoms with Gasteiger partial charge in [0.1, 0.15) is 20.1 Å². The Labute approximate surface area is 137 Å². The van der Waals surface area contributed by atoms with Gasteiger partial charge in [-0.2, -0.15) is 0 Å². The van der Waals surface area contributed by atoms with Gasteiger partial charge in [0, 0.05) is 5.56 Å². The maximum absolute atomic E-state index is 11.6. The fourth-order valence-electron chi connectivity index (χ4n) is 1.36. The van der Waals surface area contributed by atoms with Gasteiger partial charge < -0.3 is 14.2 Å². The van der Waals surface area contributed by atoms with Crippen molar-refractivity contribution >= 4 is 25.6 Å². The van der Waals surface area contributed by atoms with Gasteiger partial charge in [-0.25, -0.2) is 4.79 Å². The van der Waals surface area contributed by atoms with Crippen molar-refractivity contribution in [3.63, 3.8) is 0 Å². The number of hydrogen-bond donors (Lipinski definition) is 0. The van der Waals surface area contributed by atoms with Gasteiger partial charge in [0.05, 0.1) is 19.2 Å². The summed E-state index contributed by atoms with van der Waals surface area (Å²) < 4.78 is 14.9. The Balaban J connectivity index is 3.11. The summed E-state index contributed by atoms with van der Waals surface area (Å²) in [4.78, 5) is 11.6. The zero-order chi connectivity index (χ0) is 16.8. The molecule has 22 heavy (non-hydrogen) atoms. The van der Waals surface area contributed by atoms with Crippen LogP contribution in [0.1, 0.15) is 5.56 Å². The van der Waals surface area contributed by atoms with Gasteiger partial charge in [-0.1, -0.05) is 37.2 Å². The van der Waals surface area contributed by atoms with E-state index in [1.165, 1.54) is 14.2 Å². The number of carbonyl (C=O) groups is 1. The third-order valence-corrected chi connectivity index (χ3v) is 3.53. The first kappa shape index (κ1) is 18.1. The van der Waals surface area contributed by atoms with Crippen LogP contribution in [0.15, 0.2) is 30.2 Å². The van der Waals surface area contributed by atoms with E-state index in [1.807, 2.05) is 0 Å². The number of carbonyl (C=O) groups excluding carboxylic acids is 1. The van der Waals surface area contributed by atoms with E-state index < -0.39 is 14.0 Å². The van der Waals surface area contributed by atoms with Crippen LogP contribution >= 0.6 is 11.6 Å². The molecule has 0 N–H and O–H groups in total. The van der Waals surface area contributed by atoms with Crippen molar-refractivity contribution in [2.24, 2.45) is 0 Å². The Kier molecular flexibility index (Phi) is 6.53. The Morgan fingerprint density at radius 2 is 1.95 bits per heavy atom. The van der Waals surface area contributed by atoms with Crippen molar-refractivity contribution in [2.75, 3.05) is 14.2 Å². The normalized spacial score (nSPS) is 11.3. The van der Waals surface area contributed by atoms with E-state index in [0.717, 1.165) is 11.8 Å². The fourth-order valence-corrected chi connectivity index (χ4v) is 2.03. The molecule has 0 aromatic heterocycles. The molecule has 0 spiro atoms. The molecule has 4 nitrogen and oxygen atoms in total. The van der Waals surface area contributed by atoms with Crippen LogP contribution in [0, 0.1) is 11.5 Å². The van der Waals surface area contributed by atoms with E-state index in [9.17, 15) is 4.79 Å². The molecule has 0 aliphatic rings. The van der Waals surface area contributed by atoms with Gasteiger partial charge >= 0.3 is 5.97 Å². The summed E-state index contributed by atoms with van der Waals surface area (Å²) in [5.41, 5.74) is 4.02. The first-order chi connectivity index (χ1) is 10.3. The SMILES string of the molecule is CO/C=C(\Oc1cc(C#C[Si](C)(C)C)ccc1Cl)C(=O)OC. The Morgan fingerprint density at radius 3 is 2.50 bits per heavy atom. The summed E-state index contributed by atoms with van der Waals surface area (Å²) in [6.45, 7) is 6.47. The van der Waals surface area contributed by atoms with Gasteiger partial charge in [-0.3, -0.25) is 0 Å². The minimum Gasteiger partial charge on any atom is -0.500 e. The maximum atomic E-state index is 11.6. The molecular formula is C16H19ClO4Si. The lowest BCUT2D eigenvalue weighted by atomic mass is 10.2. The molecule has 0 heterocycles. The summed E-state index contributed by atoms with van der Waals surface area (Å²) in [7, 11) is 1.18. The lowest BCUT2D eigenvalue weighted by Crippen LogP contribution is -2.16. The molecule has 118 valence electrons. The summed E-state index contributed by atoms with van der Waals surface area (Å²) in [6.07, 6.45) is 1.16. The molecule has 0 radical (unpaired) electrons. The van der Waals surface area contributed by atoms with E-state index in [-0.39, 0.29) is 5.76 Å². The minimum absolute atomic E-state index is 0.0952. The summed E-state index contributed by atoms with van der Waals surface area (Å²) >= 11 is 6.09. The molecule has 0 amide bonds. The molecule has 0 fully saturated rings. The predicted octanol–water partition coefficient (Wildman–Crippen LogP) is 3.61. The van der Waals surface area contributed by atoms with Crippen LogP contribution in [0.5, 0.6) is 5.75 Å². The highest BCUT2D eigenvalue weighted by atomic mass is 35.5. The van der Waals surface area contributed by atoms with Crippen LogP contribution in [0.3, 0.4) is 0 Å². The lowest BCUT2D eigenvalue weighted by molar-refractivity contribution is -0.138. The van der Waals surface area contributed by atoms with Gasteiger partial charge in [0.15, 0.2) is 0 Å². The monoisotopic (exact) mass is 338 g/mol. The molecule has 0 aliphatic carbocycles. The fraction of sp³-hybridized carbons (Fsp3) is 0.312. The Hall–Kier alpha value is -1.90. The number of benzene rings is 1. The minimum atomic E-state index is -1.48. The number of ether oxygens (including phenoxy) is 3. The summed E-state index contributed by atoms with van der Waals surface area (Å²) in [5.74, 6) is 2.67. The van der Waals surface area contributed by atoms with E-state index in [0.29, 0.717) is 10.8 Å². The number of esters is 1. The zero-order valence-corrected chi connectivity index (χ0v) is 15.1. The van der Waals surface area contributed by atoms with Crippen molar-refractivity contribution in [3.05, 3.63) is 40.8 Å². The number of hydrogen-bond acceptors (Lipinski definition) is 4. The topological polar surface area (TPSA) is 44.8 Å². The van der Waals surface area contributed by atoms with Crippen molar-refractivity contribution in [1.29, 1.82) is 0 Å². The number of halogens is 1. The standard InChI is InChI=1S/C16H19ClO4Si/c1-19-11-15(16(18)20-2)21-14-10-12(6-7-13(14)17)8-9-22(3,4)5/h6-7,10-11H,1-5H3/b15-11-. The second-order valence-electron chi connectivity index (χ2n) is 5.46. The molecule has 1 aromatic carbocycles. The molecule has 6 heteroatoms. The molecule has 1 aromatic rings. The van der Waals surface area contributed by atoms with Gasteiger partial charge in [-0.15, -0.1) is 5.54 Å². The molecule has 0 atom stereocenters. The predicted molar refractivity (Wildman–Crippen MR) is 89.4 cm³/mol. The molecule has 0 unspecified atom stereocenters. The molecule has 1 rings (SSSR count). The lowest BCUT2D eigenvalue weighted by Gasteiger charge is -2.10. The Morgan fingerprint density at radius 1 is 1.27 bits per heavy atom. The average Bonchev–Trinajstić information content (AvgIpc) is 2.45. The van der Waals surface area contributed by atoms with Crippen molar-refractivity contribution in [2.45, 2.75) is 19.6 Å². The maximum Gasteiger partial charge on any atom is 0.377 e. The number of rotatable bonds is 4. The van der Waals surface area contributed by atoms with Crippen molar-refractivity contribution < 1.29 is 19.0 Å². The van der Waals surface area contributed by atoms with Crippen molar-refractivity contribution in [1.82, 2.24) is 0 Å². The van der Waals surface area contributed by atoms with E-state index >= 15 is 0 Å². The van der Waals surface area contributed by atoms with Crippen LogP contribution in [-0.4, -0.2) is 28.3 Å². The van der Waals surface area contributed by atoms with Gasteiger partial charge in [0.2, 0.25) is 5.76 Å². The molecule has 0 saturated heterocycles. The second kappa shape index (κ2) is 7.92. The third-order valence-electron chi connectivity index (χ3n) is 2.34. The molecular weight excluding hydrogens is 320 g/mol. The molecule has 0 aliphatic heterocycles. The summed E-state index contributed by atoms with van der Waals surface area (Å²) in [6, 6.07) is 5.16. The van der Waals surface area contributed by atoms with Crippen LogP contribution < -0.4 is 4.74 Å². The third kappa shape index (κ3) is 5.84. The van der Waals surface area contributed by atoms with Crippen LogP contribution in [0.25, 0.3) is 0 Å². The molecule has 0 bridgehead atoms. The van der Waals surface area contributed by atoms with Crippen LogP contribution in [0.2, 0.25) is 24.7 Å². The summed E-state index contributed by atoms with van der Waals surface area (Å²) in [5, 5.41) is 0.365. The van der Waals surface area contributed by atoms with E-state index in [4.69, 9.17) is 21.1 Å². The van der Waals surface area contributed by atoms with Crippen LogP contribution in [-0.2, 0) is 14.3 Å². The Bertz CT molecular complexity index is 636. The highest BCUT2D eigenvalue weighted by molar-refractivity contribution is 6.83. The first-order valence-corrected chi connectivity index (χ1v) is 10.5. The first-order valence-electron chi connectivity index (χ1n) is 6.58. The van der Waals surface area contributed by atoms with Gasteiger partial charge in [0.25, 0.3) is 0 Å². The van der Waals surface area contributed by atoms with Crippen LogP contribution in [0.4, 0.5) is 0 Å². The molecule has 0 saturated carbocycles. The highest BCUT2D eigenvalue weighted by Gasteiger charge is 2.15. The highest BCUT2D eigenvalue weighted by Crippen LogP contribution is 2.27. The quantitative estimate of drug-likeness (QED) is 0.276. The van der Waals surface area contributed by atoms with E-state index in [1.54, 1.807) is 18.2 Å².